The number of rotatable bonds is 6. The number of benzene rings is 2. The second-order valence-electron chi connectivity index (χ2n) is 6.56. The molecule has 0 bridgehead atoms. The summed E-state index contributed by atoms with van der Waals surface area (Å²) in [6, 6.07) is 24.1. The summed E-state index contributed by atoms with van der Waals surface area (Å²) in [5, 5.41) is 4.12. The molecule has 1 saturated carbocycles. The molecule has 4 heteroatoms. The lowest BCUT2D eigenvalue weighted by atomic mass is 9.95. The highest BCUT2D eigenvalue weighted by Crippen LogP contribution is 2.48. The Labute approximate surface area is 157 Å². The maximum atomic E-state index is 12.9. The Bertz CT molecular complexity index is 892. The molecule has 0 unspecified atom stereocenters. The molecule has 130 valence electrons. The lowest BCUT2D eigenvalue weighted by molar-refractivity contribution is -0.118. The average molecular weight is 360 g/mol. The molecule has 1 N–H and O–H groups in total. The fraction of sp³-hybridized carbons (Fsp3) is 0.182. The van der Waals surface area contributed by atoms with Crippen molar-refractivity contribution in [3.63, 3.8) is 0 Å². The van der Waals surface area contributed by atoms with Crippen LogP contribution in [0.1, 0.15) is 24.0 Å². The predicted molar refractivity (Wildman–Crippen MR) is 106 cm³/mol. The number of nitrogens with zero attached hydrogens (tertiary/aromatic N) is 1. The van der Waals surface area contributed by atoms with Gasteiger partial charge in [0.2, 0.25) is 5.91 Å². The molecular weight excluding hydrogens is 340 g/mol. The minimum atomic E-state index is -0.347. The molecule has 1 aromatic heterocycles. The second-order valence-corrected chi connectivity index (χ2v) is 7.55. The van der Waals surface area contributed by atoms with Crippen LogP contribution in [0, 0.1) is 0 Å². The van der Waals surface area contributed by atoms with E-state index in [0.29, 0.717) is 0 Å². The first kappa shape index (κ1) is 16.9. The monoisotopic (exact) mass is 360 g/mol. The highest BCUT2D eigenvalue weighted by Gasteiger charge is 2.51. The number of pyridine rings is 1. The largest absolute Gasteiger partial charge is 0.325 e. The van der Waals surface area contributed by atoms with Crippen molar-refractivity contribution in [1.29, 1.82) is 0 Å². The van der Waals surface area contributed by atoms with Crippen molar-refractivity contribution in [2.45, 2.75) is 29.0 Å². The normalized spacial score (nSPS) is 14.6. The summed E-state index contributed by atoms with van der Waals surface area (Å²) in [7, 11) is 0. The van der Waals surface area contributed by atoms with Gasteiger partial charge in [0.25, 0.3) is 0 Å². The predicted octanol–water partition coefficient (Wildman–Crippen LogP) is 5.04. The van der Waals surface area contributed by atoms with E-state index in [-0.39, 0.29) is 11.3 Å². The molecule has 0 atom stereocenters. The van der Waals surface area contributed by atoms with Crippen molar-refractivity contribution in [2.24, 2.45) is 0 Å². The van der Waals surface area contributed by atoms with Crippen LogP contribution in [0.2, 0.25) is 0 Å². The first-order chi connectivity index (χ1) is 12.8. The molecule has 0 aliphatic heterocycles. The number of carbonyl (C=O) groups excluding carboxylic acids is 1. The number of hydrogen-bond donors (Lipinski definition) is 1. The Hall–Kier alpha value is -2.59. The number of amides is 1. The topological polar surface area (TPSA) is 42.0 Å². The van der Waals surface area contributed by atoms with Crippen LogP contribution in [0.3, 0.4) is 0 Å². The molecule has 3 nitrogen and oxygen atoms in total. The lowest BCUT2D eigenvalue weighted by Gasteiger charge is -2.16. The van der Waals surface area contributed by atoms with Gasteiger partial charge in [0, 0.05) is 17.6 Å². The second kappa shape index (κ2) is 7.34. The standard InChI is InChI=1S/C22H20N2OS/c25-21(22(12-13-22)18-8-2-1-3-9-18)24-19-10-6-7-17(15-19)16-26-20-11-4-5-14-23-20/h1-11,14-15H,12-13,16H2,(H,24,25). The van der Waals surface area contributed by atoms with Crippen molar-refractivity contribution in [1.82, 2.24) is 4.98 Å². The third-order valence-electron chi connectivity index (χ3n) is 4.72. The summed E-state index contributed by atoms with van der Waals surface area (Å²) in [4.78, 5) is 17.2. The van der Waals surface area contributed by atoms with E-state index in [2.05, 4.69) is 22.4 Å². The van der Waals surface area contributed by atoms with Gasteiger partial charge in [-0.05, 0) is 48.2 Å². The molecular formula is C22H20N2OS. The number of anilines is 1. The van der Waals surface area contributed by atoms with Gasteiger partial charge in [-0.1, -0.05) is 48.5 Å². The molecule has 1 amide bonds. The average Bonchev–Trinajstić information content (AvgIpc) is 3.50. The highest BCUT2D eigenvalue weighted by molar-refractivity contribution is 7.98. The van der Waals surface area contributed by atoms with E-state index in [1.54, 1.807) is 18.0 Å². The van der Waals surface area contributed by atoms with Gasteiger partial charge < -0.3 is 5.32 Å². The summed E-state index contributed by atoms with van der Waals surface area (Å²) < 4.78 is 0. The minimum absolute atomic E-state index is 0.0956. The Balaban J connectivity index is 1.43. The third kappa shape index (κ3) is 3.65. The van der Waals surface area contributed by atoms with Crippen LogP contribution < -0.4 is 5.32 Å². The van der Waals surface area contributed by atoms with Gasteiger partial charge in [-0.3, -0.25) is 4.79 Å². The molecule has 0 saturated heterocycles. The number of thioether (sulfide) groups is 1. The minimum Gasteiger partial charge on any atom is -0.325 e. The van der Waals surface area contributed by atoms with Crippen LogP contribution in [0.4, 0.5) is 5.69 Å². The van der Waals surface area contributed by atoms with Gasteiger partial charge >= 0.3 is 0 Å². The van der Waals surface area contributed by atoms with Crippen molar-refractivity contribution < 1.29 is 4.79 Å². The highest BCUT2D eigenvalue weighted by atomic mass is 32.2. The fourth-order valence-electron chi connectivity index (χ4n) is 3.11. The molecule has 3 aromatic rings. The maximum absolute atomic E-state index is 12.9. The summed E-state index contributed by atoms with van der Waals surface area (Å²) in [5.74, 6) is 0.920. The van der Waals surface area contributed by atoms with Gasteiger partial charge in [-0.2, -0.15) is 0 Å². The molecule has 0 spiro atoms. The summed E-state index contributed by atoms with van der Waals surface area (Å²) in [6.45, 7) is 0. The van der Waals surface area contributed by atoms with Gasteiger partial charge in [-0.25, -0.2) is 4.98 Å². The van der Waals surface area contributed by atoms with Crippen LogP contribution in [-0.2, 0) is 16.0 Å². The van der Waals surface area contributed by atoms with E-state index in [1.807, 2.05) is 60.7 Å². The lowest BCUT2D eigenvalue weighted by Crippen LogP contribution is -2.27. The first-order valence-corrected chi connectivity index (χ1v) is 9.75. The molecule has 1 aliphatic carbocycles. The quantitative estimate of drug-likeness (QED) is 0.626. The number of carbonyl (C=O) groups is 1. The van der Waals surface area contributed by atoms with Crippen molar-refractivity contribution in [2.75, 3.05) is 5.32 Å². The maximum Gasteiger partial charge on any atom is 0.235 e. The van der Waals surface area contributed by atoms with Crippen molar-refractivity contribution in [3.05, 3.63) is 90.1 Å². The molecule has 1 heterocycles. The summed E-state index contributed by atoms with van der Waals surface area (Å²) in [6.07, 6.45) is 3.63. The Kier molecular flexibility index (Phi) is 4.76. The first-order valence-electron chi connectivity index (χ1n) is 8.76. The zero-order chi connectivity index (χ0) is 17.8. The van der Waals surface area contributed by atoms with Crippen molar-refractivity contribution >= 4 is 23.4 Å². The molecule has 1 fully saturated rings. The molecule has 1 aliphatic rings. The van der Waals surface area contributed by atoms with Gasteiger partial charge in [0.05, 0.1) is 10.4 Å². The molecule has 4 rings (SSSR count). The summed E-state index contributed by atoms with van der Waals surface area (Å²) in [5.41, 5.74) is 2.79. The van der Waals surface area contributed by atoms with Crippen LogP contribution in [0.15, 0.2) is 84.0 Å². The summed E-state index contributed by atoms with van der Waals surface area (Å²) >= 11 is 1.69. The molecule has 26 heavy (non-hydrogen) atoms. The number of hydrogen-bond acceptors (Lipinski definition) is 3. The fourth-order valence-corrected chi connectivity index (χ4v) is 3.91. The van der Waals surface area contributed by atoms with E-state index < -0.39 is 0 Å². The van der Waals surface area contributed by atoms with Gasteiger partial charge in [0.1, 0.15) is 0 Å². The zero-order valence-corrected chi connectivity index (χ0v) is 15.2. The molecule has 2 aromatic carbocycles. The van der Waals surface area contributed by atoms with E-state index in [1.165, 1.54) is 5.56 Å². The van der Waals surface area contributed by atoms with Crippen LogP contribution in [0.25, 0.3) is 0 Å². The Morgan fingerprint density at radius 1 is 1.00 bits per heavy atom. The van der Waals surface area contributed by atoms with E-state index >= 15 is 0 Å². The van der Waals surface area contributed by atoms with Gasteiger partial charge in [-0.15, -0.1) is 11.8 Å². The SMILES string of the molecule is O=C(Nc1cccc(CSc2ccccn2)c1)C1(c2ccccc2)CC1. The number of aromatic nitrogens is 1. The van der Waals surface area contributed by atoms with Crippen LogP contribution in [-0.4, -0.2) is 10.9 Å². The smallest absolute Gasteiger partial charge is 0.235 e. The molecule has 0 radical (unpaired) electrons. The van der Waals surface area contributed by atoms with E-state index in [0.717, 1.165) is 34.9 Å². The van der Waals surface area contributed by atoms with E-state index in [9.17, 15) is 4.79 Å². The Morgan fingerprint density at radius 2 is 1.81 bits per heavy atom. The third-order valence-corrected chi connectivity index (χ3v) is 5.74. The van der Waals surface area contributed by atoms with Crippen LogP contribution >= 0.6 is 11.8 Å². The number of nitrogens with one attached hydrogen (secondary N) is 1. The zero-order valence-electron chi connectivity index (χ0n) is 14.4. The Morgan fingerprint density at radius 3 is 2.54 bits per heavy atom. The van der Waals surface area contributed by atoms with Gasteiger partial charge in [0.15, 0.2) is 0 Å². The van der Waals surface area contributed by atoms with E-state index in [4.69, 9.17) is 0 Å². The van der Waals surface area contributed by atoms with Crippen LogP contribution in [0.5, 0.6) is 0 Å². The van der Waals surface area contributed by atoms with Crippen molar-refractivity contribution in [3.8, 4) is 0 Å².